The van der Waals surface area contributed by atoms with Crippen LogP contribution in [-0.4, -0.2) is 21.0 Å². The molecule has 0 spiro atoms. The Morgan fingerprint density at radius 1 is 0.812 bits per heavy atom. The molecule has 0 aromatic rings. The van der Waals surface area contributed by atoms with Crippen LogP contribution >= 0.6 is 73.0 Å². The van der Waals surface area contributed by atoms with Gasteiger partial charge in [-0.1, -0.05) is 25.3 Å². The van der Waals surface area contributed by atoms with Crippen molar-refractivity contribution in [2.45, 2.75) is 39.9 Å². The topological polar surface area (TPSA) is 18.5 Å². The first-order chi connectivity index (χ1) is 7.25. The highest BCUT2D eigenvalue weighted by Gasteiger charge is 1.91. The number of rotatable bonds is 2. The fourth-order valence-electron chi connectivity index (χ4n) is 0.403. The van der Waals surface area contributed by atoms with E-state index in [4.69, 9.17) is 9.47 Å². The summed E-state index contributed by atoms with van der Waals surface area (Å²) in [6.07, 6.45) is 0.315. The molecule has 0 heterocycles. The summed E-state index contributed by atoms with van der Waals surface area (Å²) in [5.74, 6) is 0. The third-order valence-electron chi connectivity index (χ3n) is 0.673. The average molecular weight is 339 g/mol. The van der Waals surface area contributed by atoms with Crippen molar-refractivity contribution in [1.82, 2.24) is 0 Å². The van der Waals surface area contributed by atoms with Crippen molar-refractivity contribution in [3.05, 3.63) is 0 Å². The second-order valence-electron chi connectivity index (χ2n) is 2.87. The van der Waals surface area contributed by atoms with Gasteiger partial charge in [-0.05, 0) is 52.1 Å². The van der Waals surface area contributed by atoms with Crippen LogP contribution in [0, 0.1) is 0 Å². The molecule has 0 atom stereocenters. The van der Waals surface area contributed by atoms with Gasteiger partial charge in [0.25, 0.3) is 0 Å². The summed E-state index contributed by atoms with van der Waals surface area (Å²) in [4.78, 5) is 0. The predicted octanol–water partition coefficient (Wildman–Crippen LogP) is 4.01. The Bertz CT molecular complexity index is 163. The SMILES string of the molecule is CC(C)OC(=S)S.CC(C)OC(=S)S.SS. The number of ether oxygens (including phenoxy) is 2. The Morgan fingerprint density at radius 2 is 1.00 bits per heavy atom. The largest absolute Gasteiger partial charge is 0.476 e. The molecule has 0 N–H and O–H groups in total. The van der Waals surface area contributed by atoms with Crippen LogP contribution in [-0.2, 0) is 9.47 Å². The van der Waals surface area contributed by atoms with E-state index in [9.17, 15) is 0 Å². The van der Waals surface area contributed by atoms with E-state index < -0.39 is 0 Å². The minimum absolute atomic E-state index is 0.157. The lowest BCUT2D eigenvalue weighted by Crippen LogP contribution is -2.02. The Morgan fingerprint density at radius 3 is 1.00 bits per heavy atom. The average Bonchev–Trinajstić information content (AvgIpc) is 2.03. The van der Waals surface area contributed by atoms with Gasteiger partial charge in [0, 0.05) is 0 Å². The maximum atomic E-state index is 4.85. The van der Waals surface area contributed by atoms with Gasteiger partial charge in [0.2, 0.25) is 8.77 Å². The molecule has 0 aliphatic carbocycles. The number of thiol groups is 4. The van der Waals surface area contributed by atoms with Gasteiger partial charge >= 0.3 is 0 Å². The summed E-state index contributed by atoms with van der Waals surface area (Å²) >= 11 is 23.0. The highest BCUT2D eigenvalue weighted by atomic mass is 33.1. The number of thiocarbonyl (C=S) groups is 2. The summed E-state index contributed by atoms with van der Waals surface area (Å²) in [6, 6.07) is 0. The second kappa shape index (κ2) is 16.2. The van der Waals surface area contributed by atoms with E-state index in [1.54, 1.807) is 0 Å². The third-order valence-corrected chi connectivity index (χ3v) is 1.08. The molecule has 0 bridgehead atoms. The fraction of sp³-hybridized carbons (Fsp3) is 0.750. The van der Waals surface area contributed by atoms with Crippen LogP contribution in [0.4, 0.5) is 0 Å². The Kier molecular flexibility index (Phi) is 22.6. The Labute approximate surface area is 130 Å². The number of hydrogen-bond acceptors (Lipinski definition) is 6. The van der Waals surface area contributed by atoms with E-state index in [1.807, 2.05) is 27.7 Å². The van der Waals surface area contributed by atoms with Crippen molar-refractivity contribution in [3.63, 3.8) is 0 Å². The van der Waals surface area contributed by atoms with Gasteiger partial charge < -0.3 is 9.47 Å². The molecular weight excluding hydrogens is 320 g/mol. The molecule has 16 heavy (non-hydrogen) atoms. The van der Waals surface area contributed by atoms with Gasteiger partial charge in [0.15, 0.2) is 0 Å². The number of hydrogen-bond donors (Lipinski definition) is 4. The van der Waals surface area contributed by atoms with Crippen LogP contribution in [0.1, 0.15) is 27.7 Å². The van der Waals surface area contributed by atoms with Crippen molar-refractivity contribution in [2.24, 2.45) is 0 Å². The highest BCUT2D eigenvalue weighted by Crippen LogP contribution is 1.93. The first-order valence-corrected chi connectivity index (χ1v) is 7.56. The zero-order chi connectivity index (χ0) is 13.7. The zero-order valence-electron chi connectivity index (χ0n) is 9.58. The van der Waals surface area contributed by atoms with Gasteiger partial charge in [0.1, 0.15) is 0 Å². The minimum Gasteiger partial charge on any atom is -0.476 e. The molecule has 2 nitrogen and oxygen atoms in total. The summed E-state index contributed by atoms with van der Waals surface area (Å²) in [7, 11) is 0. The molecule has 98 valence electrons. The molecule has 0 aromatic heterocycles. The van der Waals surface area contributed by atoms with E-state index in [0.29, 0.717) is 8.77 Å². The lowest BCUT2D eigenvalue weighted by Gasteiger charge is -2.03. The second-order valence-corrected chi connectivity index (χ2v) is 5.02. The van der Waals surface area contributed by atoms with Crippen molar-refractivity contribution >= 4 is 81.8 Å². The Balaban J connectivity index is -0.000000183. The molecule has 0 aliphatic rings. The van der Waals surface area contributed by atoms with Crippen LogP contribution in [0.2, 0.25) is 0 Å². The van der Waals surface area contributed by atoms with Gasteiger partial charge in [-0.25, -0.2) is 0 Å². The van der Waals surface area contributed by atoms with Gasteiger partial charge in [-0.2, -0.15) is 0 Å². The van der Waals surface area contributed by atoms with E-state index >= 15 is 0 Å². The molecule has 0 rings (SSSR count). The lowest BCUT2D eigenvalue weighted by molar-refractivity contribution is 0.243. The van der Waals surface area contributed by atoms with E-state index in [-0.39, 0.29) is 12.2 Å². The lowest BCUT2D eigenvalue weighted by atomic mass is 10.5. The van der Waals surface area contributed by atoms with Gasteiger partial charge in [0.05, 0.1) is 12.2 Å². The molecule has 0 saturated carbocycles. The van der Waals surface area contributed by atoms with Crippen molar-refractivity contribution in [3.8, 4) is 0 Å². The fourth-order valence-corrected chi connectivity index (χ4v) is 1.21. The molecule has 0 radical (unpaired) electrons. The molecule has 0 unspecified atom stereocenters. The molecule has 0 fully saturated rings. The monoisotopic (exact) mass is 338 g/mol. The maximum absolute atomic E-state index is 4.85. The molecule has 0 amide bonds. The van der Waals surface area contributed by atoms with Gasteiger partial charge in [-0.15, -0.1) is 23.3 Å². The van der Waals surface area contributed by atoms with E-state index in [2.05, 4.69) is 73.0 Å². The standard InChI is InChI=1S/2C4H8OS2.H2S2/c2*1-3(2)5-4(6)7;1-2/h2*3H,1-2H3,(H,6,7);1-2H. The summed E-state index contributed by atoms with van der Waals surface area (Å²) in [5, 5.41) is 0. The normalized spacial score (nSPS) is 8.38. The predicted molar refractivity (Wildman–Crippen MR) is 93.6 cm³/mol. The van der Waals surface area contributed by atoms with Crippen LogP contribution in [0.3, 0.4) is 0 Å². The zero-order valence-corrected chi connectivity index (χ0v) is 14.8. The molecule has 0 saturated heterocycles. The maximum Gasteiger partial charge on any atom is 0.217 e. The van der Waals surface area contributed by atoms with Crippen LogP contribution in [0.25, 0.3) is 0 Å². The summed E-state index contributed by atoms with van der Waals surface area (Å²) in [5.41, 5.74) is 0. The smallest absolute Gasteiger partial charge is 0.217 e. The third kappa shape index (κ3) is 36.2. The van der Waals surface area contributed by atoms with Crippen molar-refractivity contribution in [2.75, 3.05) is 0 Å². The molecular formula is C8H18O2S6. The van der Waals surface area contributed by atoms with Crippen molar-refractivity contribution < 1.29 is 9.47 Å². The quantitative estimate of drug-likeness (QED) is 0.346. The van der Waals surface area contributed by atoms with Crippen LogP contribution < -0.4 is 0 Å². The summed E-state index contributed by atoms with van der Waals surface area (Å²) < 4.78 is 10.3. The van der Waals surface area contributed by atoms with E-state index in [1.165, 1.54) is 0 Å². The first-order valence-electron chi connectivity index (χ1n) is 4.24. The first kappa shape index (κ1) is 22.4. The van der Waals surface area contributed by atoms with Crippen molar-refractivity contribution in [1.29, 1.82) is 0 Å². The highest BCUT2D eigenvalue weighted by molar-refractivity contribution is 8.59. The summed E-state index contributed by atoms with van der Waals surface area (Å²) in [6.45, 7) is 7.62. The Hall–Kier alpha value is 1.18. The minimum atomic E-state index is 0.157. The molecule has 0 aromatic carbocycles. The van der Waals surface area contributed by atoms with Crippen LogP contribution in [0.15, 0.2) is 0 Å². The van der Waals surface area contributed by atoms with Gasteiger partial charge in [-0.3, -0.25) is 0 Å². The van der Waals surface area contributed by atoms with Crippen LogP contribution in [0.5, 0.6) is 0 Å². The molecule has 0 aliphatic heterocycles. The van der Waals surface area contributed by atoms with E-state index in [0.717, 1.165) is 0 Å². The molecule has 8 heteroatoms.